The van der Waals surface area contributed by atoms with Crippen molar-refractivity contribution in [3.05, 3.63) is 114 Å². The first-order valence-electron chi connectivity index (χ1n) is 15.9. The zero-order valence-corrected chi connectivity index (χ0v) is 30.7. The molecule has 4 aromatic heterocycles. The van der Waals surface area contributed by atoms with Gasteiger partial charge in [0.1, 0.15) is 0 Å². The van der Waals surface area contributed by atoms with Gasteiger partial charge in [0.25, 0.3) is 0 Å². The van der Waals surface area contributed by atoms with Crippen LogP contribution in [0.3, 0.4) is 0 Å². The molecule has 0 saturated carbocycles. The third-order valence-electron chi connectivity index (χ3n) is 8.12. The molecule has 0 amide bonds. The summed E-state index contributed by atoms with van der Waals surface area (Å²) in [5.74, 6) is 2.40. The molecule has 0 saturated heterocycles. The van der Waals surface area contributed by atoms with Crippen molar-refractivity contribution in [3.8, 4) is 39.9 Å². The maximum atomic E-state index is 6.47. The van der Waals surface area contributed by atoms with E-state index in [0.29, 0.717) is 28.8 Å². The van der Waals surface area contributed by atoms with Crippen LogP contribution in [-0.4, -0.2) is 24.1 Å². The van der Waals surface area contributed by atoms with Crippen LogP contribution in [0.25, 0.3) is 22.5 Å². The Labute approximate surface area is 292 Å². The monoisotopic (exact) mass is 806 g/mol. The van der Waals surface area contributed by atoms with E-state index < -0.39 is 0 Å². The second-order valence-electron chi connectivity index (χ2n) is 13.4. The van der Waals surface area contributed by atoms with Crippen molar-refractivity contribution >= 4 is 5.65 Å². The Kier molecular flexibility index (Phi) is 9.79. The summed E-state index contributed by atoms with van der Waals surface area (Å²) in [6.45, 7) is 19.3. The molecule has 0 spiro atoms. The third kappa shape index (κ3) is 6.91. The van der Waals surface area contributed by atoms with E-state index in [1.807, 2.05) is 66.3 Å². The number of nitrogens with zero attached hydrogens (tertiary/aromatic N) is 5. The van der Waals surface area contributed by atoms with E-state index in [0.717, 1.165) is 45.2 Å². The fourth-order valence-corrected chi connectivity index (χ4v) is 5.87. The molecule has 0 aliphatic carbocycles. The Morgan fingerprint density at radius 1 is 0.830 bits per heavy atom. The van der Waals surface area contributed by atoms with Gasteiger partial charge in [-0.05, 0) is 54.0 Å². The molecular weight excluding hydrogens is 766 g/mol. The number of aryl methyl sites for hydroxylation is 1. The number of imidazole rings is 1. The average Bonchev–Trinajstić information content (AvgIpc) is 3.55. The molecule has 0 aliphatic heterocycles. The van der Waals surface area contributed by atoms with E-state index in [-0.39, 0.29) is 38.3 Å². The number of fused-ring (bicyclic) bond motifs is 1. The minimum atomic E-state index is -0.0534. The third-order valence-corrected chi connectivity index (χ3v) is 8.12. The van der Waals surface area contributed by atoms with E-state index >= 15 is 0 Å². The summed E-state index contributed by atoms with van der Waals surface area (Å²) in [5, 5.41) is 4.86. The van der Waals surface area contributed by atoms with Gasteiger partial charge in [0, 0.05) is 46.4 Å². The first-order valence-corrected chi connectivity index (χ1v) is 15.9. The summed E-state index contributed by atoms with van der Waals surface area (Å²) in [4.78, 5) is 9.57. The Balaban J connectivity index is 0.00000433. The number of pyridine rings is 2. The van der Waals surface area contributed by atoms with Gasteiger partial charge in [-0.3, -0.25) is 9.67 Å². The van der Waals surface area contributed by atoms with Crippen LogP contribution in [0.15, 0.2) is 73.1 Å². The molecule has 4 heterocycles. The average molecular weight is 807 g/mol. The molecule has 0 atom stereocenters. The molecule has 2 aromatic carbocycles. The second-order valence-corrected chi connectivity index (χ2v) is 13.4. The number of hydrogen-bond acceptors (Lipinski definition) is 5. The van der Waals surface area contributed by atoms with Gasteiger partial charge in [-0.2, -0.15) is 11.2 Å². The van der Waals surface area contributed by atoms with Crippen LogP contribution in [0.5, 0.6) is 23.1 Å². The summed E-state index contributed by atoms with van der Waals surface area (Å²) in [6.07, 6.45) is 3.72. The van der Waals surface area contributed by atoms with Crippen molar-refractivity contribution in [1.82, 2.24) is 24.1 Å². The van der Waals surface area contributed by atoms with Crippen LogP contribution in [0.1, 0.15) is 88.6 Å². The fourth-order valence-electron chi connectivity index (χ4n) is 5.87. The van der Waals surface area contributed by atoms with Gasteiger partial charge in [0.05, 0.1) is 17.1 Å². The predicted octanol–water partition coefficient (Wildman–Crippen LogP) is 9.93. The quantitative estimate of drug-likeness (QED) is 0.143. The molecule has 0 bridgehead atoms. The topological polar surface area (TPSA) is 66.5 Å². The Morgan fingerprint density at radius 3 is 2.26 bits per heavy atom. The van der Waals surface area contributed by atoms with Crippen LogP contribution in [0.4, 0.5) is 0 Å². The molecule has 8 heteroatoms. The van der Waals surface area contributed by atoms with E-state index in [1.165, 1.54) is 0 Å². The zero-order chi connectivity index (χ0) is 32.7. The molecule has 0 unspecified atom stereocenters. The van der Waals surface area contributed by atoms with Crippen molar-refractivity contribution in [2.45, 2.75) is 79.6 Å². The van der Waals surface area contributed by atoms with Crippen LogP contribution < -0.4 is 9.47 Å². The Hall–Kier alpha value is -4.22. The Morgan fingerprint density at radius 2 is 1.57 bits per heavy atom. The maximum absolute atomic E-state index is 6.47. The largest absolute Gasteiger partial charge is 2.00 e. The minimum absolute atomic E-state index is 0. The molecule has 0 radical (unpaired) electrons. The van der Waals surface area contributed by atoms with E-state index in [4.69, 9.17) is 19.6 Å². The number of ether oxygens (including phenoxy) is 2. The van der Waals surface area contributed by atoms with Gasteiger partial charge in [-0.25, -0.2) is 4.98 Å². The Bertz CT molecular complexity index is 2020. The summed E-state index contributed by atoms with van der Waals surface area (Å²) >= 11 is 0. The summed E-state index contributed by atoms with van der Waals surface area (Å²) in [6, 6.07) is 26.9. The summed E-state index contributed by atoms with van der Waals surface area (Å²) in [5.41, 5.74) is 8.91. The van der Waals surface area contributed by atoms with Gasteiger partial charge in [0.2, 0.25) is 5.88 Å². The fraction of sp³-hybridized carbons (Fsp3) is 0.308. The van der Waals surface area contributed by atoms with Gasteiger partial charge >= 0.3 is 21.1 Å². The van der Waals surface area contributed by atoms with Crippen LogP contribution in [0, 0.1) is 26.0 Å². The van der Waals surface area contributed by atoms with Crippen molar-refractivity contribution in [3.63, 3.8) is 0 Å². The first kappa shape index (κ1) is 34.1. The number of hydrogen-bond donors (Lipinski definition) is 0. The molecule has 0 fully saturated rings. The zero-order valence-electron chi connectivity index (χ0n) is 28.5. The molecule has 0 aliphatic rings. The SMILES string of the molecule is Cc1nn(-c2[c-]c(Oc3[c-]c(Oc4cc(C(C)(C)C)ccn4)c4nc(C(C)C)c(C(C)C)n4c3)ccc2)c(C)c1-c1ccccc1.[Pt+2]. The van der Waals surface area contributed by atoms with Crippen molar-refractivity contribution in [2.24, 2.45) is 0 Å². The molecule has 7 nitrogen and oxygen atoms in total. The summed E-state index contributed by atoms with van der Waals surface area (Å²) in [7, 11) is 0. The van der Waals surface area contributed by atoms with E-state index in [2.05, 4.69) is 89.0 Å². The molecule has 47 heavy (non-hydrogen) atoms. The molecule has 244 valence electrons. The summed E-state index contributed by atoms with van der Waals surface area (Å²) < 4.78 is 16.9. The first-order chi connectivity index (χ1) is 21.9. The molecule has 6 rings (SSSR count). The molecule has 6 aromatic rings. The number of rotatable bonds is 8. The normalized spacial score (nSPS) is 11.7. The van der Waals surface area contributed by atoms with Gasteiger partial charge < -0.3 is 13.9 Å². The minimum Gasteiger partial charge on any atom is -0.508 e. The van der Waals surface area contributed by atoms with Crippen molar-refractivity contribution in [1.29, 1.82) is 0 Å². The standard InChI is InChI=1S/C39H41N5O2.Pt/c1-24(2)36-37(25(3)4)43-23-32(22-33(38(43)41-36)46-34-20-29(18-19-40-34)39(7,8)9)45-31-17-13-16-30(21-31)44-27(6)35(26(5)42-44)28-14-11-10-12-15-28;/h10-20,23-25H,1-9H3;/q-2;+2. The predicted molar refractivity (Wildman–Crippen MR) is 183 cm³/mol. The number of benzene rings is 2. The number of aromatic nitrogens is 5. The smallest absolute Gasteiger partial charge is 0.508 e. The van der Waals surface area contributed by atoms with Crippen LogP contribution >= 0.6 is 0 Å². The van der Waals surface area contributed by atoms with Gasteiger partial charge in [-0.1, -0.05) is 91.1 Å². The van der Waals surface area contributed by atoms with E-state index in [1.54, 1.807) is 6.20 Å². The van der Waals surface area contributed by atoms with Gasteiger partial charge in [-0.15, -0.1) is 18.2 Å². The second kappa shape index (κ2) is 13.5. The maximum Gasteiger partial charge on any atom is 2.00 e. The van der Waals surface area contributed by atoms with Crippen LogP contribution in [0.2, 0.25) is 0 Å². The van der Waals surface area contributed by atoms with Gasteiger partial charge in [0.15, 0.2) is 0 Å². The molecule has 0 N–H and O–H groups in total. The van der Waals surface area contributed by atoms with E-state index in [9.17, 15) is 0 Å². The molecular formula is C39H41N5O2Pt. The van der Waals surface area contributed by atoms with Crippen molar-refractivity contribution < 1.29 is 30.5 Å². The van der Waals surface area contributed by atoms with Crippen molar-refractivity contribution in [2.75, 3.05) is 0 Å². The van der Waals surface area contributed by atoms with Crippen LogP contribution in [-0.2, 0) is 26.5 Å².